The van der Waals surface area contributed by atoms with Gasteiger partial charge in [0.15, 0.2) is 0 Å². The number of carbonyl (C=O) groups is 1. The summed E-state index contributed by atoms with van der Waals surface area (Å²) in [6.45, 7) is 2.01. The molecule has 3 heteroatoms. The van der Waals surface area contributed by atoms with Gasteiger partial charge in [0.2, 0.25) is 0 Å². The zero-order valence-corrected chi connectivity index (χ0v) is 11.7. The van der Waals surface area contributed by atoms with Crippen molar-refractivity contribution in [2.24, 2.45) is 0 Å². The summed E-state index contributed by atoms with van der Waals surface area (Å²) in [7, 11) is 0. The van der Waals surface area contributed by atoms with Gasteiger partial charge in [-0.1, -0.05) is 29.8 Å². The molecule has 3 rings (SSSR count). The van der Waals surface area contributed by atoms with E-state index in [4.69, 9.17) is 4.42 Å². The largest absolute Gasteiger partial charge is 0.464 e. The van der Waals surface area contributed by atoms with Crippen LogP contribution in [0.2, 0.25) is 0 Å². The van der Waals surface area contributed by atoms with Gasteiger partial charge in [0.1, 0.15) is 5.76 Å². The summed E-state index contributed by atoms with van der Waals surface area (Å²) >= 11 is 0. The van der Waals surface area contributed by atoms with Crippen molar-refractivity contribution in [1.82, 2.24) is 0 Å². The van der Waals surface area contributed by atoms with Crippen LogP contribution in [0.3, 0.4) is 0 Å². The molecule has 1 N–H and O–H groups in total. The van der Waals surface area contributed by atoms with Gasteiger partial charge in [-0.05, 0) is 43.3 Å². The molecule has 0 aliphatic rings. The summed E-state index contributed by atoms with van der Waals surface area (Å²) in [4.78, 5) is 12.3. The Bertz CT molecular complexity index is 743. The minimum Gasteiger partial charge on any atom is -0.464 e. The van der Waals surface area contributed by atoms with E-state index < -0.39 is 0 Å². The molecule has 0 atom stereocenters. The number of carbonyl (C=O) groups excluding carboxylic acids is 1. The Morgan fingerprint density at radius 3 is 2.52 bits per heavy atom. The topological polar surface area (TPSA) is 42.2 Å². The lowest BCUT2D eigenvalue weighted by atomic mass is 10.1. The Morgan fingerprint density at radius 2 is 1.81 bits per heavy atom. The van der Waals surface area contributed by atoms with Crippen LogP contribution in [0.5, 0.6) is 0 Å². The summed E-state index contributed by atoms with van der Waals surface area (Å²) in [6, 6.07) is 18.8. The molecule has 0 aliphatic heterocycles. The summed E-state index contributed by atoms with van der Waals surface area (Å²) in [5, 5.41) is 2.89. The van der Waals surface area contributed by atoms with Crippen LogP contribution in [-0.4, -0.2) is 5.91 Å². The molecule has 0 radical (unpaired) electrons. The van der Waals surface area contributed by atoms with E-state index in [9.17, 15) is 4.79 Å². The van der Waals surface area contributed by atoms with E-state index in [0.717, 1.165) is 22.6 Å². The fourth-order valence-corrected chi connectivity index (χ4v) is 2.10. The maximum atomic E-state index is 12.3. The van der Waals surface area contributed by atoms with E-state index in [0.29, 0.717) is 5.56 Å². The molecule has 1 amide bonds. The Kier molecular flexibility index (Phi) is 3.56. The van der Waals surface area contributed by atoms with Crippen LogP contribution in [0.1, 0.15) is 15.9 Å². The third kappa shape index (κ3) is 3.03. The number of hydrogen-bond acceptors (Lipinski definition) is 2. The van der Waals surface area contributed by atoms with E-state index in [1.165, 1.54) is 0 Å². The molecular weight excluding hydrogens is 262 g/mol. The maximum absolute atomic E-state index is 12.3. The summed E-state index contributed by atoms with van der Waals surface area (Å²) in [6.07, 6.45) is 1.62. The van der Waals surface area contributed by atoms with Crippen molar-refractivity contribution in [3.63, 3.8) is 0 Å². The first kappa shape index (κ1) is 13.2. The molecule has 0 unspecified atom stereocenters. The number of nitrogens with one attached hydrogen (secondary N) is 1. The number of rotatable bonds is 3. The van der Waals surface area contributed by atoms with E-state index in [-0.39, 0.29) is 5.91 Å². The summed E-state index contributed by atoms with van der Waals surface area (Å²) in [5.41, 5.74) is 3.43. The second-order valence-electron chi connectivity index (χ2n) is 4.88. The fraction of sp³-hybridized carbons (Fsp3) is 0.0556. The van der Waals surface area contributed by atoms with Crippen LogP contribution >= 0.6 is 0 Å². The van der Waals surface area contributed by atoms with Crippen LogP contribution in [-0.2, 0) is 0 Å². The minimum absolute atomic E-state index is 0.132. The number of benzene rings is 2. The molecule has 0 saturated heterocycles. The number of hydrogen-bond donors (Lipinski definition) is 1. The lowest BCUT2D eigenvalue weighted by Crippen LogP contribution is -2.11. The number of amides is 1. The molecule has 0 aliphatic carbocycles. The standard InChI is InChI=1S/C18H15NO2/c1-13-7-9-16(10-8-13)19-18(20)15-5-2-4-14(12-15)17-6-3-11-21-17/h2-12H,1H3,(H,19,20). The Labute approximate surface area is 123 Å². The van der Waals surface area contributed by atoms with Crippen molar-refractivity contribution in [1.29, 1.82) is 0 Å². The molecule has 1 aromatic heterocycles. The van der Waals surface area contributed by atoms with Crippen molar-refractivity contribution in [2.75, 3.05) is 5.32 Å². The minimum atomic E-state index is -0.132. The lowest BCUT2D eigenvalue weighted by molar-refractivity contribution is 0.102. The van der Waals surface area contributed by atoms with Crippen molar-refractivity contribution in [3.8, 4) is 11.3 Å². The second kappa shape index (κ2) is 5.67. The maximum Gasteiger partial charge on any atom is 0.255 e. The van der Waals surface area contributed by atoms with E-state index in [2.05, 4.69) is 5.32 Å². The van der Waals surface area contributed by atoms with E-state index >= 15 is 0 Å². The third-order valence-corrected chi connectivity index (χ3v) is 3.24. The fourth-order valence-electron chi connectivity index (χ4n) is 2.10. The van der Waals surface area contributed by atoms with Gasteiger partial charge in [-0.3, -0.25) is 4.79 Å². The molecule has 1 heterocycles. The quantitative estimate of drug-likeness (QED) is 0.765. The van der Waals surface area contributed by atoms with Crippen molar-refractivity contribution < 1.29 is 9.21 Å². The highest BCUT2D eigenvalue weighted by molar-refractivity contribution is 6.04. The first-order valence-electron chi connectivity index (χ1n) is 6.74. The molecule has 104 valence electrons. The Hall–Kier alpha value is -2.81. The zero-order valence-electron chi connectivity index (χ0n) is 11.7. The number of furan rings is 1. The van der Waals surface area contributed by atoms with Crippen LogP contribution in [0.4, 0.5) is 5.69 Å². The predicted octanol–water partition coefficient (Wildman–Crippen LogP) is 4.51. The molecule has 2 aromatic carbocycles. The van der Waals surface area contributed by atoms with Gasteiger partial charge in [0, 0.05) is 16.8 Å². The molecule has 21 heavy (non-hydrogen) atoms. The highest BCUT2D eigenvalue weighted by Gasteiger charge is 2.08. The van der Waals surface area contributed by atoms with Crippen LogP contribution in [0.25, 0.3) is 11.3 Å². The van der Waals surface area contributed by atoms with Crippen LogP contribution in [0, 0.1) is 6.92 Å². The molecular formula is C18H15NO2. The van der Waals surface area contributed by atoms with Crippen molar-refractivity contribution in [2.45, 2.75) is 6.92 Å². The molecule has 0 fully saturated rings. The lowest BCUT2D eigenvalue weighted by Gasteiger charge is -2.06. The monoisotopic (exact) mass is 277 g/mol. The van der Waals surface area contributed by atoms with Gasteiger partial charge < -0.3 is 9.73 Å². The SMILES string of the molecule is Cc1ccc(NC(=O)c2cccc(-c3ccco3)c2)cc1. The van der Waals surface area contributed by atoms with Gasteiger partial charge >= 0.3 is 0 Å². The molecule has 0 bridgehead atoms. The number of aryl methyl sites for hydroxylation is 1. The van der Waals surface area contributed by atoms with Gasteiger partial charge in [0.05, 0.1) is 6.26 Å². The average Bonchev–Trinajstić information content (AvgIpc) is 3.04. The van der Waals surface area contributed by atoms with Crippen molar-refractivity contribution in [3.05, 3.63) is 78.1 Å². The van der Waals surface area contributed by atoms with Gasteiger partial charge in [0.25, 0.3) is 5.91 Å². The summed E-state index contributed by atoms with van der Waals surface area (Å²) in [5.74, 6) is 0.618. The Morgan fingerprint density at radius 1 is 1.00 bits per heavy atom. The van der Waals surface area contributed by atoms with Crippen molar-refractivity contribution >= 4 is 11.6 Å². The van der Waals surface area contributed by atoms with Gasteiger partial charge in [-0.2, -0.15) is 0 Å². The molecule has 0 saturated carbocycles. The first-order valence-corrected chi connectivity index (χ1v) is 6.74. The molecule has 0 spiro atoms. The highest BCUT2D eigenvalue weighted by atomic mass is 16.3. The second-order valence-corrected chi connectivity index (χ2v) is 4.88. The zero-order chi connectivity index (χ0) is 14.7. The van der Waals surface area contributed by atoms with Crippen LogP contribution < -0.4 is 5.32 Å². The molecule has 3 nitrogen and oxygen atoms in total. The van der Waals surface area contributed by atoms with Gasteiger partial charge in [-0.25, -0.2) is 0 Å². The first-order chi connectivity index (χ1) is 10.2. The van der Waals surface area contributed by atoms with E-state index in [1.54, 1.807) is 12.3 Å². The highest BCUT2D eigenvalue weighted by Crippen LogP contribution is 2.21. The smallest absolute Gasteiger partial charge is 0.255 e. The Balaban J connectivity index is 1.81. The average molecular weight is 277 g/mol. The van der Waals surface area contributed by atoms with E-state index in [1.807, 2.05) is 61.5 Å². The summed E-state index contributed by atoms with van der Waals surface area (Å²) < 4.78 is 5.35. The predicted molar refractivity (Wildman–Crippen MR) is 83.3 cm³/mol. The third-order valence-electron chi connectivity index (χ3n) is 3.24. The van der Waals surface area contributed by atoms with Crippen LogP contribution in [0.15, 0.2) is 71.3 Å². The number of anilines is 1. The molecule has 3 aromatic rings. The normalized spacial score (nSPS) is 10.3. The van der Waals surface area contributed by atoms with Gasteiger partial charge in [-0.15, -0.1) is 0 Å².